The summed E-state index contributed by atoms with van der Waals surface area (Å²) in [4.78, 5) is 0. The third-order valence-electron chi connectivity index (χ3n) is 3.34. The van der Waals surface area contributed by atoms with Crippen LogP contribution < -0.4 is 10.5 Å². The molecule has 0 saturated heterocycles. The summed E-state index contributed by atoms with van der Waals surface area (Å²) in [7, 11) is 0. The number of rotatable bonds is 5. The van der Waals surface area contributed by atoms with E-state index in [9.17, 15) is 4.39 Å². The van der Waals surface area contributed by atoms with Gasteiger partial charge < -0.3 is 10.5 Å². The summed E-state index contributed by atoms with van der Waals surface area (Å²) in [6.07, 6.45) is 0.511. The molecule has 2 aromatic carbocycles. The second-order valence-electron chi connectivity index (χ2n) is 4.98. The zero-order chi connectivity index (χ0) is 14.5. The van der Waals surface area contributed by atoms with Gasteiger partial charge in [-0.05, 0) is 43.2 Å². The van der Waals surface area contributed by atoms with Crippen LogP contribution in [0.4, 0.5) is 4.39 Å². The molecular formula is C17H20FNO. The summed E-state index contributed by atoms with van der Waals surface area (Å²) in [6, 6.07) is 14.0. The Morgan fingerprint density at radius 1 is 1.05 bits per heavy atom. The van der Waals surface area contributed by atoms with Crippen molar-refractivity contribution in [2.24, 2.45) is 5.73 Å². The summed E-state index contributed by atoms with van der Waals surface area (Å²) in [5.74, 6) is 0.515. The number of hydrogen-bond donors (Lipinski definition) is 1. The van der Waals surface area contributed by atoms with Crippen LogP contribution in [-0.4, -0.2) is 6.04 Å². The highest BCUT2D eigenvalue weighted by molar-refractivity contribution is 5.28. The van der Waals surface area contributed by atoms with E-state index >= 15 is 0 Å². The first kappa shape index (κ1) is 14.5. The Morgan fingerprint density at radius 2 is 1.65 bits per heavy atom. The average Bonchev–Trinajstić information content (AvgIpc) is 2.47. The molecule has 2 atom stereocenters. The van der Waals surface area contributed by atoms with Gasteiger partial charge in [0.25, 0.3) is 0 Å². The van der Waals surface area contributed by atoms with Crippen molar-refractivity contribution in [3.05, 3.63) is 65.5 Å². The van der Waals surface area contributed by atoms with Gasteiger partial charge in [-0.2, -0.15) is 0 Å². The van der Waals surface area contributed by atoms with Gasteiger partial charge in [0.2, 0.25) is 0 Å². The summed E-state index contributed by atoms with van der Waals surface area (Å²) in [5, 5.41) is 0. The average molecular weight is 273 g/mol. The largest absolute Gasteiger partial charge is 0.484 e. The van der Waals surface area contributed by atoms with Gasteiger partial charge in [0, 0.05) is 6.04 Å². The van der Waals surface area contributed by atoms with Crippen LogP contribution in [0.5, 0.6) is 5.75 Å². The van der Waals surface area contributed by atoms with Crippen molar-refractivity contribution in [2.45, 2.75) is 32.4 Å². The van der Waals surface area contributed by atoms with Gasteiger partial charge in [0.15, 0.2) is 0 Å². The fourth-order valence-electron chi connectivity index (χ4n) is 2.03. The van der Waals surface area contributed by atoms with Crippen molar-refractivity contribution < 1.29 is 9.13 Å². The molecule has 0 aliphatic rings. The molecule has 0 aromatic heterocycles. The van der Waals surface area contributed by atoms with Crippen LogP contribution >= 0.6 is 0 Å². The molecule has 0 radical (unpaired) electrons. The normalized spacial score (nSPS) is 13.8. The summed E-state index contributed by atoms with van der Waals surface area (Å²) in [5.41, 5.74) is 8.21. The van der Waals surface area contributed by atoms with E-state index in [-0.39, 0.29) is 18.0 Å². The van der Waals surface area contributed by atoms with E-state index in [0.29, 0.717) is 0 Å². The Morgan fingerprint density at radius 3 is 2.20 bits per heavy atom. The fraction of sp³-hybridized carbons (Fsp3) is 0.294. The number of benzene rings is 2. The molecule has 2 N–H and O–H groups in total. The van der Waals surface area contributed by atoms with Crippen molar-refractivity contribution in [1.82, 2.24) is 0 Å². The molecule has 0 fully saturated rings. The zero-order valence-corrected chi connectivity index (χ0v) is 11.8. The summed E-state index contributed by atoms with van der Waals surface area (Å²) in [6.45, 7) is 4.04. The molecule has 0 aliphatic heterocycles. The van der Waals surface area contributed by atoms with Crippen LogP contribution in [-0.2, 0) is 0 Å². The topological polar surface area (TPSA) is 35.2 Å². The van der Waals surface area contributed by atoms with E-state index in [1.807, 2.05) is 38.1 Å². The molecule has 0 amide bonds. The van der Waals surface area contributed by atoms with Crippen LogP contribution in [0.2, 0.25) is 0 Å². The first-order chi connectivity index (χ1) is 9.60. The Kier molecular flexibility index (Phi) is 4.74. The smallest absolute Gasteiger partial charge is 0.139 e. The molecule has 0 spiro atoms. The van der Waals surface area contributed by atoms with Gasteiger partial charge in [-0.25, -0.2) is 4.39 Å². The van der Waals surface area contributed by atoms with Gasteiger partial charge >= 0.3 is 0 Å². The lowest BCUT2D eigenvalue weighted by Gasteiger charge is -2.25. The molecule has 106 valence electrons. The predicted molar refractivity (Wildman–Crippen MR) is 79.2 cm³/mol. The Bertz CT molecular complexity index is 536. The van der Waals surface area contributed by atoms with Gasteiger partial charge in [-0.1, -0.05) is 36.8 Å². The van der Waals surface area contributed by atoms with E-state index < -0.39 is 0 Å². The first-order valence-electron chi connectivity index (χ1n) is 6.84. The minimum absolute atomic E-state index is 0.137. The predicted octanol–water partition coefficient (Wildman–Crippen LogP) is 3.99. The SMILES string of the molecule is CCC(N)C(Oc1ccc(C)cc1)c1ccc(F)cc1. The summed E-state index contributed by atoms with van der Waals surface area (Å²) < 4.78 is 19.0. The molecule has 2 unspecified atom stereocenters. The van der Waals surface area contributed by atoms with Crippen molar-refractivity contribution in [2.75, 3.05) is 0 Å². The van der Waals surface area contributed by atoms with E-state index in [1.54, 1.807) is 12.1 Å². The van der Waals surface area contributed by atoms with Crippen LogP contribution in [0.1, 0.15) is 30.6 Å². The molecule has 2 nitrogen and oxygen atoms in total. The third kappa shape index (κ3) is 3.58. The molecular weight excluding hydrogens is 253 g/mol. The van der Waals surface area contributed by atoms with E-state index in [2.05, 4.69) is 0 Å². The van der Waals surface area contributed by atoms with Crippen LogP contribution in [0.3, 0.4) is 0 Å². The minimum atomic E-state index is -0.275. The quantitative estimate of drug-likeness (QED) is 0.894. The first-order valence-corrected chi connectivity index (χ1v) is 6.84. The second kappa shape index (κ2) is 6.53. The van der Waals surface area contributed by atoms with E-state index in [0.717, 1.165) is 17.7 Å². The number of ether oxygens (including phenoxy) is 1. The van der Waals surface area contributed by atoms with Crippen molar-refractivity contribution in [3.8, 4) is 5.75 Å². The fourth-order valence-corrected chi connectivity index (χ4v) is 2.03. The molecule has 20 heavy (non-hydrogen) atoms. The molecule has 0 saturated carbocycles. The summed E-state index contributed by atoms with van der Waals surface area (Å²) >= 11 is 0. The maximum atomic E-state index is 13.0. The van der Waals surface area contributed by atoms with Gasteiger partial charge in [-0.15, -0.1) is 0 Å². The molecule has 0 bridgehead atoms. The highest BCUT2D eigenvalue weighted by Crippen LogP contribution is 2.26. The zero-order valence-electron chi connectivity index (χ0n) is 11.8. The van der Waals surface area contributed by atoms with Gasteiger partial charge in [-0.3, -0.25) is 0 Å². The van der Waals surface area contributed by atoms with Crippen molar-refractivity contribution in [3.63, 3.8) is 0 Å². The Labute approximate surface area is 119 Å². The third-order valence-corrected chi connectivity index (χ3v) is 3.34. The van der Waals surface area contributed by atoms with Crippen LogP contribution in [0.25, 0.3) is 0 Å². The number of hydrogen-bond acceptors (Lipinski definition) is 2. The monoisotopic (exact) mass is 273 g/mol. The molecule has 2 aromatic rings. The second-order valence-corrected chi connectivity index (χ2v) is 4.98. The highest BCUT2D eigenvalue weighted by Gasteiger charge is 2.20. The number of aryl methyl sites for hydroxylation is 1. The molecule has 2 rings (SSSR count). The van der Waals surface area contributed by atoms with Gasteiger partial charge in [0.05, 0.1) is 0 Å². The maximum Gasteiger partial charge on any atom is 0.139 e. The lowest BCUT2D eigenvalue weighted by Crippen LogP contribution is -2.31. The van der Waals surface area contributed by atoms with E-state index in [4.69, 9.17) is 10.5 Å². The van der Waals surface area contributed by atoms with Crippen LogP contribution in [0.15, 0.2) is 48.5 Å². The van der Waals surface area contributed by atoms with E-state index in [1.165, 1.54) is 17.7 Å². The number of nitrogens with two attached hydrogens (primary N) is 1. The van der Waals surface area contributed by atoms with Gasteiger partial charge in [0.1, 0.15) is 17.7 Å². The Balaban J connectivity index is 2.23. The molecule has 0 heterocycles. The van der Waals surface area contributed by atoms with Crippen LogP contribution in [0, 0.1) is 12.7 Å². The standard InChI is InChI=1S/C17H20FNO/c1-3-16(19)17(13-6-8-14(18)9-7-13)20-15-10-4-12(2)5-11-15/h4-11,16-17H,3,19H2,1-2H3. The lowest BCUT2D eigenvalue weighted by molar-refractivity contribution is 0.171. The number of halogens is 1. The molecule has 3 heteroatoms. The lowest BCUT2D eigenvalue weighted by atomic mass is 10.0. The minimum Gasteiger partial charge on any atom is -0.484 e. The maximum absolute atomic E-state index is 13.0. The van der Waals surface area contributed by atoms with Crippen molar-refractivity contribution >= 4 is 0 Å². The Hall–Kier alpha value is -1.87. The highest BCUT2D eigenvalue weighted by atomic mass is 19.1. The van der Waals surface area contributed by atoms with Crippen molar-refractivity contribution in [1.29, 1.82) is 0 Å². The molecule has 0 aliphatic carbocycles.